The van der Waals surface area contributed by atoms with E-state index in [0.717, 1.165) is 0 Å². The second-order valence-electron chi connectivity index (χ2n) is 4.50. The average Bonchev–Trinajstić information content (AvgIpc) is 2.26. The lowest BCUT2D eigenvalue weighted by Crippen LogP contribution is -2.31. The Bertz CT molecular complexity index is 375. The normalized spacial score (nSPS) is 16.4. The maximum Gasteiger partial charge on any atom is 0.128 e. The SMILES string of the molecule is CCC(C)(O)COc1cc(F)ccc1C(C)O. The first-order chi connectivity index (χ1) is 7.85. The summed E-state index contributed by atoms with van der Waals surface area (Å²) < 4.78 is 18.5. The molecule has 0 aliphatic rings. The zero-order valence-corrected chi connectivity index (χ0v) is 10.4. The predicted molar refractivity (Wildman–Crippen MR) is 63.4 cm³/mol. The van der Waals surface area contributed by atoms with Crippen LogP contribution in [0.5, 0.6) is 5.75 Å². The summed E-state index contributed by atoms with van der Waals surface area (Å²) in [6.07, 6.45) is -0.205. The molecule has 1 aromatic rings. The molecule has 0 radical (unpaired) electrons. The molecule has 0 aliphatic heterocycles. The van der Waals surface area contributed by atoms with Crippen molar-refractivity contribution in [3.63, 3.8) is 0 Å². The van der Waals surface area contributed by atoms with Gasteiger partial charge >= 0.3 is 0 Å². The molecule has 0 bridgehead atoms. The number of hydrogen-bond acceptors (Lipinski definition) is 3. The smallest absolute Gasteiger partial charge is 0.128 e. The van der Waals surface area contributed by atoms with Gasteiger partial charge < -0.3 is 14.9 Å². The fraction of sp³-hybridized carbons (Fsp3) is 0.538. The van der Waals surface area contributed by atoms with Crippen LogP contribution in [0.2, 0.25) is 0 Å². The van der Waals surface area contributed by atoms with Crippen molar-refractivity contribution in [3.8, 4) is 5.75 Å². The molecule has 0 heterocycles. The highest BCUT2D eigenvalue weighted by molar-refractivity contribution is 5.35. The summed E-state index contributed by atoms with van der Waals surface area (Å²) in [5.74, 6) is -0.158. The van der Waals surface area contributed by atoms with E-state index in [0.29, 0.717) is 12.0 Å². The van der Waals surface area contributed by atoms with Crippen molar-refractivity contribution < 1.29 is 19.3 Å². The van der Waals surface area contributed by atoms with Gasteiger partial charge in [0.05, 0.1) is 11.7 Å². The van der Waals surface area contributed by atoms with Gasteiger partial charge in [0.25, 0.3) is 0 Å². The molecule has 4 heteroatoms. The number of ether oxygens (including phenoxy) is 1. The largest absolute Gasteiger partial charge is 0.490 e. The topological polar surface area (TPSA) is 49.7 Å². The van der Waals surface area contributed by atoms with Gasteiger partial charge in [-0.15, -0.1) is 0 Å². The van der Waals surface area contributed by atoms with Crippen LogP contribution in [0.25, 0.3) is 0 Å². The minimum absolute atomic E-state index is 0.0622. The van der Waals surface area contributed by atoms with Crippen molar-refractivity contribution in [2.45, 2.75) is 38.9 Å². The third kappa shape index (κ3) is 3.98. The molecule has 0 fully saturated rings. The van der Waals surface area contributed by atoms with Crippen LogP contribution >= 0.6 is 0 Å². The summed E-state index contributed by atoms with van der Waals surface area (Å²) in [5.41, 5.74) is -0.444. The van der Waals surface area contributed by atoms with Crippen molar-refractivity contribution in [3.05, 3.63) is 29.6 Å². The van der Waals surface area contributed by atoms with Gasteiger partial charge in [0, 0.05) is 11.6 Å². The zero-order valence-electron chi connectivity index (χ0n) is 10.4. The summed E-state index contributed by atoms with van der Waals surface area (Å²) >= 11 is 0. The molecule has 0 amide bonds. The van der Waals surface area contributed by atoms with Crippen LogP contribution in [0.15, 0.2) is 18.2 Å². The fourth-order valence-corrected chi connectivity index (χ4v) is 1.31. The van der Waals surface area contributed by atoms with Crippen molar-refractivity contribution >= 4 is 0 Å². The standard InChI is InChI=1S/C13H19FO3/c1-4-13(3,16)8-17-12-7-10(14)5-6-11(12)9(2)15/h5-7,9,15-16H,4,8H2,1-3H3. The number of aliphatic hydroxyl groups excluding tert-OH is 1. The van der Waals surface area contributed by atoms with Crippen molar-refractivity contribution in [1.29, 1.82) is 0 Å². The summed E-state index contributed by atoms with van der Waals surface area (Å²) in [6, 6.07) is 3.97. The molecular formula is C13H19FO3. The average molecular weight is 242 g/mol. The van der Waals surface area contributed by atoms with E-state index >= 15 is 0 Å². The first kappa shape index (κ1) is 13.9. The van der Waals surface area contributed by atoms with Gasteiger partial charge in [-0.3, -0.25) is 0 Å². The van der Waals surface area contributed by atoms with Crippen molar-refractivity contribution in [2.24, 2.45) is 0 Å². The third-order valence-electron chi connectivity index (χ3n) is 2.73. The van der Waals surface area contributed by atoms with Crippen LogP contribution in [0.4, 0.5) is 4.39 Å². The van der Waals surface area contributed by atoms with Gasteiger partial charge in [0.1, 0.15) is 18.2 Å². The Hall–Kier alpha value is -1.13. The van der Waals surface area contributed by atoms with E-state index in [4.69, 9.17) is 4.74 Å². The van der Waals surface area contributed by atoms with Gasteiger partial charge in [0.15, 0.2) is 0 Å². The summed E-state index contributed by atoms with van der Waals surface area (Å²) in [5, 5.41) is 19.3. The fourth-order valence-electron chi connectivity index (χ4n) is 1.31. The summed E-state index contributed by atoms with van der Waals surface area (Å²) in [7, 11) is 0. The monoisotopic (exact) mass is 242 g/mol. The van der Waals surface area contributed by atoms with Gasteiger partial charge in [-0.25, -0.2) is 4.39 Å². The number of benzene rings is 1. The highest BCUT2D eigenvalue weighted by Crippen LogP contribution is 2.27. The molecule has 3 nitrogen and oxygen atoms in total. The molecular weight excluding hydrogens is 223 g/mol. The Kier molecular flexibility index (Phi) is 4.48. The number of aliphatic hydroxyl groups is 2. The van der Waals surface area contributed by atoms with Crippen LogP contribution in [0.3, 0.4) is 0 Å². The van der Waals surface area contributed by atoms with Crippen molar-refractivity contribution in [1.82, 2.24) is 0 Å². The van der Waals surface area contributed by atoms with Crippen LogP contribution in [0, 0.1) is 5.82 Å². The van der Waals surface area contributed by atoms with E-state index in [-0.39, 0.29) is 12.4 Å². The first-order valence-electron chi connectivity index (χ1n) is 5.68. The highest BCUT2D eigenvalue weighted by Gasteiger charge is 2.20. The van der Waals surface area contributed by atoms with Gasteiger partial charge in [-0.05, 0) is 32.4 Å². The van der Waals surface area contributed by atoms with E-state index in [2.05, 4.69) is 0 Å². The predicted octanol–water partition coefficient (Wildman–Crippen LogP) is 2.42. The Morgan fingerprint density at radius 2 is 2.12 bits per heavy atom. The molecule has 2 unspecified atom stereocenters. The lowest BCUT2D eigenvalue weighted by molar-refractivity contribution is 0.00736. The van der Waals surface area contributed by atoms with Crippen LogP contribution in [-0.2, 0) is 0 Å². The lowest BCUT2D eigenvalue weighted by Gasteiger charge is -2.23. The second kappa shape index (κ2) is 5.47. The van der Waals surface area contributed by atoms with Crippen LogP contribution in [-0.4, -0.2) is 22.4 Å². The minimum atomic E-state index is -0.956. The highest BCUT2D eigenvalue weighted by atomic mass is 19.1. The molecule has 0 saturated carbocycles. The lowest BCUT2D eigenvalue weighted by atomic mass is 10.1. The molecule has 0 spiro atoms. The third-order valence-corrected chi connectivity index (χ3v) is 2.73. The van der Waals surface area contributed by atoms with Crippen LogP contribution in [0.1, 0.15) is 38.9 Å². The van der Waals surface area contributed by atoms with E-state index < -0.39 is 17.5 Å². The van der Waals surface area contributed by atoms with Gasteiger partial charge in [-0.2, -0.15) is 0 Å². The Labute approximate surface area is 101 Å². The zero-order chi connectivity index (χ0) is 13.1. The Balaban J connectivity index is 2.85. The number of halogens is 1. The summed E-state index contributed by atoms with van der Waals surface area (Å²) in [4.78, 5) is 0. The number of rotatable bonds is 5. The molecule has 1 rings (SSSR count). The van der Waals surface area contributed by atoms with Crippen LogP contribution < -0.4 is 4.74 Å². The molecule has 0 aromatic heterocycles. The van der Waals surface area contributed by atoms with E-state index in [9.17, 15) is 14.6 Å². The quantitative estimate of drug-likeness (QED) is 0.833. The van der Waals surface area contributed by atoms with Gasteiger partial charge in [-0.1, -0.05) is 6.92 Å². The maximum absolute atomic E-state index is 13.1. The Morgan fingerprint density at radius 3 is 2.65 bits per heavy atom. The van der Waals surface area contributed by atoms with E-state index in [1.807, 2.05) is 6.92 Å². The first-order valence-corrected chi connectivity index (χ1v) is 5.68. The molecule has 96 valence electrons. The maximum atomic E-state index is 13.1. The molecule has 17 heavy (non-hydrogen) atoms. The number of hydrogen-bond donors (Lipinski definition) is 2. The second-order valence-corrected chi connectivity index (χ2v) is 4.50. The molecule has 2 atom stereocenters. The minimum Gasteiger partial charge on any atom is -0.490 e. The molecule has 0 saturated heterocycles. The van der Waals surface area contributed by atoms with Crippen molar-refractivity contribution in [2.75, 3.05) is 6.61 Å². The van der Waals surface area contributed by atoms with E-state index in [1.54, 1.807) is 13.8 Å². The molecule has 1 aromatic carbocycles. The molecule has 2 N–H and O–H groups in total. The summed E-state index contributed by atoms with van der Waals surface area (Å²) in [6.45, 7) is 5.13. The van der Waals surface area contributed by atoms with E-state index in [1.165, 1.54) is 18.2 Å². The van der Waals surface area contributed by atoms with Gasteiger partial charge in [0.2, 0.25) is 0 Å². The molecule has 0 aliphatic carbocycles. The Morgan fingerprint density at radius 1 is 1.47 bits per heavy atom.